The molecule has 1 atom stereocenters. The van der Waals surface area contributed by atoms with E-state index in [1.54, 1.807) is 38.1 Å². The van der Waals surface area contributed by atoms with E-state index in [-0.39, 0.29) is 0 Å². The van der Waals surface area contributed by atoms with Crippen molar-refractivity contribution in [1.82, 2.24) is 5.32 Å². The molecule has 0 bridgehead atoms. The van der Waals surface area contributed by atoms with Crippen molar-refractivity contribution in [3.63, 3.8) is 0 Å². The lowest BCUT2D eigenvalue weighted by atomic mass is 9.83. The lowest BCUT2D eigenvalue weighted by molar-refractivity contribution is -0.143. The van der Waals surface area contributed by atoms with Crippen molar-refractivity contribution >= 4 is 17.6 Å². The molecule has 0 radical (unpaired) electrons. The average molecular weight is 266 g/mol. The molecule has 0 saturated heterocycles. The number of anilines is 1. The van der Waals surface area contributed by atoms with Crippen LogP contribution in [0.2, 0.25) is 0 Å². The van der Waals surface area contributed by atoms with Gasteiger partial charge < -0.3 is 21.3 Å². The molecule has 104 valence electrons. The Bertz CT molecular complexity index is 468. The summed E-state index contributed by atoms with van der Waals surface area (Å²) in [7, 11) is 0. The van der Waals surface area contributed by atoms with Crippen LogP contribution in [0.25, 0.3) is 0 Å². The van der Waals surface area contributed by atoms with E-state index >= 15 is 0 Å². The van der Waals surface area contributed by atoms with Crippen LogP contribution in [0.5, 0.6) is 0 Å². The molecule has 19 heavy (non-hydrogen) atoms. The highest BCUT2D eigenvalue weighted by Gasteiger charge is 2.32. The van der Waals surface area contributed by atoms with Gasteiger partial charge in [0.25, 0.3) is 0 Å². The first-order valence-electron chi connectivity index (χ1n) is 5.79. The number of carboxylic acids is 1. The van der Waals surface area contributed by atoms with Gasteiger partial charge in [-0.1, -0.05) is 12.1 Å². The number of aliphatic hydroxyl groups excluding tert-OH is 1. The van der Waals surface area contributed by atoms with Gasteiger partial charge in [-0.25, -0.2) is 4.79 Å². The van der Waals surface area contributed by atoms with E-state index in [1.165, 1.54) is 0 Å². The summed E-state index contributed by atoms with van der Waals surface area (Å²) in [5, 5.41) is 20.0. The summed E-state index contributed by atoms with van der Waals surface area (Å²) >= 11 is 0. The van der Waals surface area contributed by atoms with Crippen molar-refractivity contribution in [3.8, 4) is 0 Å². The number of carboxylic acid groups (broad SMARTS) is 1. The number of carbonyl (C=O) groups excluding carboxylic acids is 1. The molecule has 0 aliphatic carbocycles. The largest absolute Gasteiger partial charge is 0.480 e. The Labute approximate surface area is 111 Å². The van der Waals surface area contributed by atoms with Gasteiger partial charge in [0.1, 0.15) is 6.04 Å². The standard InChI is InChI=1S/C13H18N2O4/c1-13(2,8-3-5-9(14)6-4-8)12(19)15-10(7-16)11(17)18/h3-6,10,16H,7,14H2,1-2H3,(H,15,19)(H,17,18)/t10-/m1/s1. The summed E-state index contributed by atoms with van der Waals surface area (Å²) in [6, 6.07) is 5.46. The van der Waals surface area contributed by atoms with Gasteiger partial charge in [0.15, 0.2) is 0 Å². The van der Waals surface area contributed by atoms with Gasteiger partial charge in [-0.05, 0) is 31.5 Å². The molecule has 0 spiro atoms. The molecule has 1 amide bonds. The number of carbonyl (C=O) groups is 2. The SMILES string of the molecule is CC(C)(C(=O)N[C@H](CO)C(=O)O)c1ccc(N)cc1. The molecule has 0 saturated carbocycles. The summed E-state index contributed by atoms with van der Waals surface area (Å²) in [6.45, 7) is 2.69. The molecule has 0 aromatic heterocycles. The summed E-state index contributed by atoms with van der Waals surface area (Å²) in [6.07, 6.45) is 0. The van der Waals surface area contributed by atoms with Crippen LogP contribution in [0.1, 0.15) is 19.4 Å². The van der Waals surface area contributed by atoms with Crippen molar-refractivity contribution in [2.75, 3.05) is 12.3 Å². The fraction of sp³-hybridized carbons (Fsp3) is 0.385. The molecular weight excluding hydrogens is 248 g/mol. The van der Waals surface area contributed by atoms with Gasteiger partial charge in [-0.15, -0.1) is 0 Å². The van der Waals surface area contributed by atoms with Crippen molar-refractivity contribution in [3.05, 3.63) is 29.8 Å². The fourth-order valence-corrected chi connectivity index (χ4v) is 1.56. The van der Waals surface area contributed by atoms with Crippen molar-refractivity contribution in [1.29, 1.82) is 0 Å². The Morgan fingerprint density at radius 2 is 1.84 bits per heavy atom. The first-order chi connectivity index (χ1) is 8.78. The number of hydrogen-bond donors (Lipinski definition) is 4. The first-order valence-corrected chi connectivity index (χ1v) is 5.79. The molecule has 0 fully saturated rings. The second-order valence-electron chi connectivity index (χ2n) is 4.79. The van der Waals surface area contributed by atoms with Gasteiger partial charge >= 0.3 is 5.97 Å². The third-order valence-corrected chi connectivity index (χ3v) is 2.99. The van der Waals surface area contributed by atoms with Crippen LogP contribution < -0.4 is 11.1 Å². The highest BCUT2D eigenvalue weighted by atomic mass is 16.4. The number of amides is 1. The average Bonchev–Trinajstić information content (AvgIpc) is 2.35. The fourth-order valence-electron chi connectivity index (χ4n) is 1.56. The minimum absolute atomic E-state index is 0.473. The number of aliphatic hydroxyl groups is 1. The second-order valence-corrected chi connectivity index (χ2v) is 4.79. The Morgan fingerprint density at radius 1 is 1.32 bits per heavy atom. The van der Waals surface area contributed by atoms with Gasteiger partial charge in [0.05, 0.1) is 12.0 Å². The minimum Gasteiger partial charge on any atom is -0.480 e. The van der Waals surface area contributed by atoms with Crippen molar-refractivity contribution in [2.45, 2.75) is 25.3 Å². The lowest BCUT2D eigenvalue weighted by Crippen LogP contribution is -2.49. The lowest BCUT2D eigenvalue weighted by Gasteiger charge is -2.26. The topological polar surface area (TPSA) is 113 Å². The highest BCUT2D eigenvalue weighted by molar-refractivity contribution is 5.90. The van der Waals surface area contributed by atoms with Gasteiger partial charge in [0, 0.05) is 5.69 Å². The van der Waals surface area contributed by atoms with Crippen LogP contribution in [-0.4, -0.2) is 34.7 Å². The smallest absolute Gasteiger partial charge is 0.328 e. The number of nitrogens with two attached hydrogens (primary N) is 1. The third kappa shape index (κ3) is 3.45. The second kappa shape index (κ2) is 5.71. The molecule has 5 N–H and O–H groups in total. The Hall–Kier alpha value is -2.08. The molecule has 6 heteroatoms. The molecule has 0 aliphatic rings. The van der Waals surface area contributed by atoms with Crippen LogP contribution in [-0.2, 0) is 15.0 Å². The Balaban J connectivity index is 2.90. The van der Waals surface area contributed by atoms with Crippen molar-refractivity contribution in [2.24, 2.45) is 0 Å². The van der Waals surface area contributed by atoms with E-state index in [9.17, 15) is 9.59 Å². The molecule has 1 rings (SSSR count). The quantitative estimate of drug-likeness (QED) is 0.565. The van der Waals surface area contributed by atoms with E-state index in [2.05, 4.69) is 5.32 Å². The number of benzene rings is 1. The number of nitrogen functional groups attached to an aromatic ring is 1. The van der Waals surface area contributed by atoms with Crippen LogP contribution in [0.3, 0.4) is 0 Å². The maximum atomic E-state index is 12.1. The first kappa shape index (κ1) is 15.0. The summed E-state index contributed by atoms with van der Waals surface area (Å²) in [5.74, 6) is -1.75. The van der Waals surface area contributed by atoms with E-state index < -0.39 is 29.9 Å². The molecule has 0 unspecified atom stereocenters. The zero-order chi connectivity index (χ0) is 14.6. The monoisotopic (exact) mass is 266 g/mol. The van der Waals surface area contributed by atoms with Gasteiger partial charge in [0.2, 0.25) is 5.91 Å². The number of hydrogen-bond acceptors (Lipinski definition) is 4. The normalized spacial score (nSPS) is 12.8. The highest BCUT2D eigenvalue weighted by Crippen LogP contribution is 2.24. The van der Waals surface area contributed by atoms with E-state index in [1.807, 2.05) is 0 Å². The number of rotatable bonds is 5. The van der Waals surface area contributed by atoms with Crippen LogP contribution in [0.15, 0.2) is 24.3 Å². The van der Waals surface area contributed by atoms with E-state index in [0.29, 0.717) is 11.3 Å². The minimum atomic E-state index is -1.31. The zero-order valence-electron chi connectivity index (χ0n) is 10.9. The Morgan fingerprint density at radius 3 is 2.26 bits per heavy atom. The van der Waals surface area contributed by atoms with Gasteiger partial charge in [-0.2, -0.15) is 0 Å². The molecule has 6 nitrogen and oxygen atoms in total. The molecule has 1 aromatic carbocycles. The number of nitrogens with one attached hydrogen (secondary N) is 1. The van der Waals surface area contributed by atoms with Crippen LogP contribution in [0, 0.1) is 0 Å². The predicted molar refractivity (Wildman–Crippen MR) is 70.5 cm³/mol. The summed E-state index contributed by atoms with van der Waals surface area (Å²) in [4.78, 5) is 22.9. The summed E-state index contributed by atoms with van der Waals surface area (Å²) in [5.41, 5.74) is 5.95. The van der Waals surface area contributed by atoms with Crippen LogP contribution in [0.4, 0.5) is 5.69 Å². The van der Waals surface area contributed by atoms with Gasteiger partial charge in [-0.3, -0.25) is 4.79 Å². The Kier molecular flexibility index (Phi) is 4.50. The van der Waals surface area contributed by atoms with E-state index in [4.69, 9.17) is 15.9 Å². The molecule has 1 aromatic rings. The maximum absolute atomic E-state index is 12.1. The molecule has 0 heterocycles. The number of aliphatic carboxylic acids is 1. The van der Waals surface area contributed by atoms with E-state index in [0.717, 1.165) is 0 Å². The predicted octanol–water partition coefficient (Wildman–Crippen LogP) is 0.108. The maximum Gasteiger partial charge on any atom is 0.328 e. The summed E-state index contributed by atoms with van der Waals surface area (Å²) < 4.78 is 0. The van der Waals surface area contributed by atoms with Crippen LogP contribution >= 0.6 is 0 Å². The zero-order valence-corrected chi connectivity index (χ0v) is 10.9. The molecule has 0 aliphatic heterocycles. The molecular formula is C13H18N2O4. The third-order valence-electron chi connectivity index (χ3n) is 2.99. The van der Waals surface area contributed by atoms with Crippen molar-refractivity contribution < 1.29 is 19.8 Å².